The molecule has 5 rings (SSSR count). The van der Waals surface area contributed by atoms with Gasteiger partial charge in [-0.1, -0.05) is 24.3 Å². The summed E-state index contributed by atoms with van der Waals surface area (Å²) in [4.78, 5) is 24.8. The summed E-state index contributed by atoms with van der Waals surface area (Å²) in [5.74, 6) is -0.156. The van der Waals surface area contributed by atoms with E-state index < -0.39 is 15.9 Å². The maximum Gasteiger partial charge on any atom is 0.256 e. The maximum atomic E-state index is 13.2. The van der Waals surface area contributed by atoms with Gasteiger partial charge in [0, 0.05) is 24.2 Å². The average molecular weight is 466 g/mol. The van der Waals surface area contributed by atoms with Gasteiger partial charge in [0.1, 0.15) is 5.82 Å². The molecule has 2 heterocycles. The number of hydrogen-bond donors (Lipinski definition) is 2. The van der Waals surface area contributed by atoms with Gasteiger partial charge in [0.15, 0.2) is 0 Å². The number of amides is 2. The van der Waals surface area contributed by atoms with Gasteiger partial charge in [-0.3, -0.25) is 9.59 Å². The van der Waals surface area contributed by atoms with Crippen LogP contribution in [0.3, 0.4) is 0 Å². The fourth-order valence-electron chi connectivity index (χ4n) is 4.22. The van der Waals surface area contributed by atoms with Crippen LogP contribution in [0.2, 0.25) is 0 Å². The summed E-state index contributed by atoms with van der Waals surface area (Å²) in [6.07, 6.45) is 2.66. The first-order chi connectivity index (χ1) is 15.9. The minimum absolute atomic E-state index is 0.0216. The molecule has 0 saturated carbocycles. The highest BCUT2D eigenvalue weighted by atomic mass is 32.2. The van der Waals surface area contributed by atoms with Crippen molar-refractivity contribution < 1.29 is 18.0 Å². The summed E-state index contributed by atoms with van der Waals surface area (Å²) in [6, 6.07) is 15.4. The van der Waals surface area contributed by atoms with Crippen LogP contribution in [0.5, 0.6) is 0 Å². The molecule has 0 unspecified atom stereocenters. The number of carbonyl (C=O) groups excluding carboxylic acids is 2. The van der Waals surface area contributed by atoms with Gasteiger partial charge in [-0.2, -0.15) is 9.40 Å². The average Bonchev–Trinajstić information content (AvgIpc) is 3.42. The zero-order valence-electron chi connectivity index (χ0n) is 17.8. The second-order valence-corrected chi connectivity index (χ2v) is 9.98. The predicted octanol–water partition coefficient (Wildman–Crippen LogP) is 1.73. The van der Waals surface area contributed by atoms with Crippen molar-refractivity contribution in [3.63, 3.8) is 0 Å². The Labute approximate surface area is 191 Å². The Hall–Kier alpha value is -3.50. The number of rotatable bonds is 5. The number of aryl methyl sites for hydroxylation is 1. The number of nitrogens with zero attached hydrogens (tertiary/aromatic N) is 3. The molecule has 1 saturated heterocycles. The molecule has 2 aromatic carbocycles. The Morgan fingerprint density at radius 1 is 1.06 bits per heavy atom. The van der Waals surface area contributed by atoms with Crippen molar-refractivity contribution in [1.29, 1.82) is 0 Å². The predicted molar refractivity (Wildman–Crippen MR) is 122 cm³/mol. The molecule has 33 heavy (non-hydrogen) atoms. The lowest BCUT2D eigenvalue weighted by Gasteiger charge is -2.26. The third-order valence-electron chi connectivity index (χ3n) is 5.88. The van der Waals surface area contributed by atoms with Crippen LogP contribution in [0.4, 0.5) is 5.82 Å². The van der Waals surface area contributed by atoms with Crippen LogP contribution in [-0.2, 0) is 27.7 Å². The van der Waals surface area contributed by atoms with Crippen LogP contribution in [0.15, 0.2) is 59.5 Å². The number of carbonyl (C=O) groups is 2. The van der Waals surface area contributed by atoms with Crippen molar-refractivity contribution in [2.24, 2.45) is 0 Å². The van der Waals surface area contributed by atoms with Crippen molar-refractivity contribution in [1.82, 2.24) is 19.4 Å². The molecule has 170 valence electrons. The number of para-hydroxylation sites is 1. The first-order valence-electron chi connectivity index (χ1n) is 10.8. The minimum atomic E-state index is -3.90. The molecule has 1 fully saturated rings. The summed E-state index contributed by atoms with van der Waals surface area (Å²) in [5.41, 5.74) is 3.02. The normalized spacial score (nSPS) is 16.3. The van der Waals surface area contributed by atoms with Crippen molar-refractivity contribution >= 4 is 27.7 Å². The van der Waals surface area contributed by atoms with Gasteiger partial charge in [-0.05, 0) is 49.6 Å². The second kappa shape index (κ2) is 8.45. The Bertz CT molecular complexity index is 1330. The Kier molecular flexibility index (Phi) is 5.47. The molecule has 2 amide bonds. The molecule has 1 aliphatic carbocycles. The number of sulfonamides is 1. The van der Waals surface area contributed by atoms with Gasteiger partial charge in [0.25, 0.3) is 5.91 Å². The smallest absolute Gasteiger partial charge is 0.256 e. The minimum Gasteiger partial charge on any atom is -0.354 e. The van der Waals surface area contributed by atoms with Crippen molar-refractivity contribution in [3.8, 4) is 5.69 Å². The largest absolute Gasteiger partial charge is 0.354 e. The van der Waals surface area contributed by atoms with E-state index in [1.165, 1.54) is 18.2 Å². The molecule has 2 aliphatic rings. The van der Waals surface area contributed by atoms with E-state index in [4.69, 9.17) is 5.10 Å². The summed E-state index contributed by atoms with van der Waals surface area (Å²) in [7, 11) is -3.90. The molecule has 2 N–H and O–H groups in total. The molecule has 0 bridgehead atoms. The van der Waals surface area contributed by atoms with Crippen molar-refractivity contribution in [2.75, 3.05) is 25.0 Å². The van der Waals surface area contributed by atoms with Crippen molar-refractivity contribution in [3.05, 3.63) is 71.4 Å². The zero-order valence-corrected chi connectivity index (χ0v) is 18.6. The number of piperazine rings is 1. The molecule has 0 spiro atoms. The van der Waals surface area contributed by atoms with E-state index in [0.29, 0.717) is 5.82 Å². The van der Waals surface area contributed by atoms with Crippen LogP contribution < -0.4 is 10.6 Å². The van der Waals surface area contributed by atoms with Gasteiger partial charge < -0.3 is 10.6 Å². The molecule has 1 aliphatic heterocycles. The molecule has 0 atom stereocenters. The lowest BCUT2D eigenvalue weighted by Crippen LogP contribution is -2.49. The molecule has 0 radical (unpaired) electrons. The third-order valence-corrected chi connectivity index (χ3v) is 7.72. The molecular weight excluding hydrogens is 442 g/mol. The lowest BCUT2D eigenvalue weighted by atomic mass is 10.2. The quantitative estimate of drug-likeness (QED) is 0.596. The van der Waals surface area contributed by atoms with E-state index in [1.807, 2.05) is 30.3 Å². The molecule has 1 aromatic heterocycles. The number of aromatic nitrogens is 2. The fraction of sp³-hybridized carbons (Fsp3) is 0.261. The van der Waals surface area contributed by atoms with Crippen molar-refractivity contribution in [2.45, 2.75) is 24.2 Å². The standard InChI is InChI=1S/C23H23N5O4S/c29-21-15-27(13-12-24-21)33(31,32)18-9-4-6-16(14-18)23(30)25-22-19-10-5-11-20(19)26-28(22)17-7-2-1-3-8-17/h1-4,6-9,14H,5,10-13,15H2,(H,24,29)(H,25,30). The highest BCUT2D eigenvalue weighted by molar-refractivity contribution is 7.89. The summed E-state index contributed by atoms with van der Waals surface area (Å²) in [6.45, 7) is 0.209. The van der Waals surface area contributed by atoms with Crippen LogP contribution in [0.25, 0.3) is 5.69 Å². The van der Waals surface area contributed by atoms with E-state index in [0.717, 1.165) is 40.5 Å². The number of fused-ring (bicyclic) bond motifs is 1. The molecular formula is C23H23N5O4S. The molecule has 9 nitrogen and oxygen atoms in total. The van der Waals surface area contributed by atoms with Crippen LogP contribution >= 0.6 is 0 Å². The Balaban J connectivity index is 1.45. The zero-order chi connectivity index (χ0) is 23.0. The van der Waals surface area contributed by atoms with Gasteiger partial charge in [-0.15, -0.1) is 0 Å². The summed E-state index contributed by atoms with van der Waals surface area (Å²) in [5, 5.41) is 10.3. The third kappa shape index (κ3) is 4.03. The number of hydrogen-bond acceptors (Lipinski definition) is 5. The van der Waals surface area contributed by atoms with E-state index in [1.54, 1.807) is 10.7 Å². The first kappa shape index (κ1) is 21.4. The van der Waals surface area contributed by atoms with E-state index in [9.17, 15) is 18.0 Å². The monoisotopic (exact) mass is 465 g/mol. The first-order valence-corrected chi connectivity index (χ1v) is 12.2. The van der Waals surface area contributed by atoms with Gasteiger partial charge in [-0.25, -0.2) is 13.1 Å². The SMILES string of the molecule is O=C1CN(S(=O)(=O)c2cccc(C(=O)Nc3c4c(nn3-c3ccccc3)CCC4)c2)CCN1. The Morgan fingerprint density at radius 3 is 2.67 bits per heavy atom. The molecule has 3 aromatic rings. The van der Waals surface area contributed by atoms with Crippen LogP contribution in [0, 0.1) is 0 Å². The topological polar surface area (TPSA) is 113 Å². The van der Waals surface area contributed by atoms with Crippen LogP contribution in [-0.4, -0.2) is 54.0 Å². The van der Waals surface area contributed by atoms with E-state index in [2.05, 4.69) is 10.6 Å². The number of nitrogens with one attached hydrogen (secondary N) is 2. The lowest BCUT2D eigenvalue weighted by molar-refractivity contribution is -0.122. The van der Waals surface area contributed by atoms with Crippen LogP contribution in [0.1, 0.15) is 28.0 Å². The summed E-state index contributed by atoms with van der Waals surface area (Å²) >= 11 is 0. The van der Waals surface area contributed by atoms with Gasteiger partial charge in [0.05, 0.1) is 22.8 Å². The van der Waals surface area contributed by atoms with Gasteiger partial charge in [0.2, 0.25) is 15.9 Å². The number of anilines is 1. The summed E-state index contributed by atoms with van der Waals surface area (Å²) < 4.78 is 28.9. The maximum absolute atomic E-state index is 13.2. The van der Waals surface area contributed by atoms with Gasteiger partial charge >= 0.3 is 0 Å². The second-order valence-electron chi connectivity index (χ2n) is 8.05. The fourth-order valence-corrected chi connectivity index (χ4v) is 5.67. The van der Waals surface area contributed by atoms with E-state index >= 15 is 0 Å². The van der Waals surface area contributed by atoms with E-state index in [-0.39, 0.29) is 36.0 Å². The highest BCUT2D eigenvalue weighted by Crippen LogP contribution is 2.31. The number of benzene rings is 2. The Morgan fingerprint density at radius 2 is 1.88 bits per heavy atom. The highest BCUT2D eigenvalue weighted by Gasteiger charge is 2.30. The molecule has 10 heteroatoms.